The van der Waals surface area contributed by atoms with Crippen LogP contribution in [-0.2, 0) is 0 Å². The molecule has 1 aliphatic carbocycles. The number of nitrogens with zero attached hydrogens (tertiary/aromatic N) is 1. The Morgan fingerprint density at radius 3 is 2.44 bits per heavy atom. The zero-order valence-electron chi connectivity index (χ0n) is 9.82. The zero-order valence-corrected chi connectivity index (χ0v) is 9.82. The van der Waals surface area contributed by atoms with E-state index in [0.29, 0.717) is 12.6 Å². The summed E-state index contributed by atoms with van der Waals surface area (Å²) in [5.41, 5.74) is 0. The number of hydrogen-bond donors (Lipinski definition) is 1. The van der Waals surface area contributed by atoms with Crippen LogP contribution in [0.2, 0.25) is 0 Å². The molecule has 1 N–H and O–H groups in total. The van der Waals surface area contributed by atoms with E-state index in [0.717, 1.165) is 25.9 Å². The van der Waals surface area contributed by atoms with Crippen molar-refractivity contribution in [3.63, 3.8) is 0 Å². The Balaban J connectivity index is 2.08. The van der Waals surface area contributed by atoms with Crippen molar-refractivity contribution in [1.82, 2.24) is 10.2 Å². The highest BCUT2D eigenvalue weighted by atomic mass is 19.4. The van der Waals surface area contributed by atoms with Gasteiger partial charge >= 0.3 is 6.18 Å². The van der Waals surface area contributed by atoms with E-state index in [2.05, 4.69) is 17.1 Å². The highest BCUT2D eigenvalue weighted by Crippen LogP contribution is 2.26. The molecular weight excluding hydrogens is 217 g/mol. The van der Waals surface area contributed by atoms with E-state index in [1.54, 1.807) is 0 Å². The molecule has 0 spiro atoms. The van der Waals surface area contributed by atoms with Crippen LogP contribution in [0.1, 0.15) is 32.6 Å². The van der Waals surface area contributed by atoms with Gasteiger partial charge in [-0.2, -0.15) is 13.2 Å². The van der Waals surface area contributed by atoms with Gasteiger partial charge < -0.3 is 5.32 Å². The Labute approximate surface area is 95.2 Å². The van der Waals surface area contributed by atoms with Gasteiger partial charge in [-0.15, -0.1) is 0 Å². The fourth-order valence-electron chi connectivity index (χ4n) is 1.73. The number of hydrogen-bond acceptors (Lipinski definition) is 2. The summed E-state index contributed by atoms with van der Waals surface area (Å²) in [7, 11) is 0. The second-order valence-corrected chi connectivity index (χ2v) is 4.41. The third kappa shape index (κ3) is 6.33. The van der Waals surface area contributed by atoms with E-state index < -0.39 is 12.7 Å². The third-order valence-electron chi connectivity index (χ3n) is 2.76. The Bertz CT molecular complexity index is 190. The normalized spacial score (nSPS) is 17.1. The highest BCUT2D eigenvalue weighted by Gasteiger charge is 2.29. The lowest BCUT2D eigenvalue weighted by Crippen LogP contribution is -2.37. The van der Waals surface area contributed by atoms with Gasteiger partial charge in [0.1, 0.15) is 0 Å². The zero-order chi connectivity index (χ0) is 12.0. The maximum atomic E-state index is 11.9. The van der Waals surface area contributed by atoms with Gasteiger partial charge in [-0.25, -0.2) is 0 Å². The lowest BCUT2D eigenvalue weighted by molar-refractivity contribution is -0.124. The van der Waals surface area contributed by atoms with E-state index in [1.165, 1.54) is 12.8 Å². The molecule has 0 amide bonds. The van der Waals surface area contributed by atoms with Gasteiger partial charge in [-0.05, 0) is 25.8 Å². The fraction of sp³-hybridized carbons (Fsp3) is 1.00. The largest absolute Gasteiger partial charge is 0.401 e. The number of nitrogens with one attached hydrogen (secondary N) is 1. The summed E-state index contributed by atoms with van der Waals surface area (Å²) in [4.78, 5) is 2.31. The molecule has 1 fully saturated rings. The van der Waals surface area contributed by atoms with Crippen LogP contribution >= 0.6 is 0 Å². The molecule has 0 saturated heterocycles. The van der Waals surface area contributed by atoms with Crippen LogP contribution < -0.4 is 5.32 Å². The summed E-state index contributed by atoms with van der Waals surface area (Å²) in [6.45, 7) is 3.45. The van der Waals surface area contributed by atoms with Gasteiger partial charge in [-0.3, -0.25) is 4.90 Å². The molecule has 5 heteroatoms. The molecule has 0 bridgehead atoms. The first-order valence-corrected chi connectivity index (χ1v) is 6.04. The van der Waals surface area contributed by atoms with Crippen molar-refractivity contribution in [1.29, 1.82) is 0 Å². The van der Waals surface area contributed by atoms with Crippen molar-refractivity contribution in [3.8, 4) is 0 Å². The van der Waals surface area contributed by atoms with Crippen molar-refractivity contribution in [2.75, 3.05) is 26.2 Å². The Hall–Kier alpha value is -0.290. The van der Waals surface area contributed by atoms with E-state index >= 15 is 0 Å². The quantitative estimate of drug-likeness (QED) is 0.653. The van der Waals surface area contributed by atoms with Crippen molar-refractivity contribution in [3.05, 3.63) is 0 Å². The van der Waals surface area contributed by atoms with Crippen LogP contribution in [0.3, 0.4) is 0 Å². The summed E-state index contributed by atoms with van der Waals surface area (Å²) in [6.07, 6.45) is 0.606. The van der Waals surface area contributed by atoms with Crippen molar-refractivity contribution >= 4 is 0 Å². The van der Waals surface area contributed by atoms with Crippen molar-refractivity contribution in [2.24, 2.45) is 0 Å². The van der Waals surface area contributed by atoms with Crippen LogP contribution in [0.15, 0.2) is 0 Å². The molecule has 1 aliphatic rings. The predicted octanol–water partition coefficient (Wildman–Crippen LogP) is 2.40. The van der Waals surface area contributed by atoms with Crippen LogP contribution in [-0.4, -0.2) is 43.3 Å². The van der Waals surface area contributed by atoms with Crippen LogP contribution in [0, 0.1) is 0 Å². The predicted molar refractivity (Wildman–Crippen MR) is 58.4 cm³/mol. The van der Waals surface area contributed by atoms with Gasteiger partial charge in [0, 0.05) is 19.1 Å². The summed E-state index contributed by atoms with van der Waals surface area (Å²) in [6, 6.07) is 0.638. The fourth-order valence-corrected chi connectivity index (χ4v) is 1.73. The molecule has 1 saturated carbocycles. The molecule has 0 radical (unpaired) electrons. The average Bonchev–Trinajstić information content (AvgIpc) is 2.98. The number of unbranched alkanes of at least 4 members (excludes halogenated alkanes) is 1. The average molecular weight is 238 g/mol. The number of alkyl halides is 3. The molecule has 0 aromatic carbocycles. The summed E-state index contributed by atoms with van der Waals surface area (Å²) >= 11 is 0. The summed E-state index contributed by atoms with van der Waals surface area (Å²) in [5, 5.41) is 2.45. The molecule has 0 heterocycles. The topological polar surface area (TPSA) is 15.3 Å². The smallest absolute Gasteiger partial charge is 0.307 e. The number of rotatable bonds is 8. The van der Waals surface area contributed by atoms with E-state index in [1.807, 2.05) is 0 Å². The Morgan fingerprint density at radius 2 is 1.94 bits per heavy atom. The van der Waals surface area contributed by atoms with Gasteiger partial charge in [0.05, 0.1) is 6.54 Å². The molecule has 16 heavy (non-hydrogen) atoms. The first-order chi connectivity index (χ1) is 7.53. The second-order valence-electron chi connectivity index (χ2n) is 4.41. The lowest BCUT2D eigenvalue weighted by Gasteiger charge is -2.22. The van der Waals surface area contributed by atoms with Crippen LogP contribution in [0.4, 0.5) is 13.2 Å². The van der Waals surface area contributed by atoms with Gasteiger partial charge in [-0.1, -0.05) is 13.3 Å². The molecule has 96 valence electrons. The maximum absolute atomic E-state index is 11.9. The van der Waals surface area contributed by atoms with Crippen LogP contribution in [0.25, 0.3) is 0 Å². The van der Waals surface area contributed by atoms with Crippen molar-refractivity contribution in [2.45, 2.75) is 44.8 Å². The monoisotopic (exact) mass is 238 g/mol. The standard InChI is InChI=1S/C11H21F3N2/c1-2-3-7-16(10-4-5-10)8-6-15-9-11(12,13)14/h10,15H,2-9H2,1H3. The number of halogens is 3. The minimum Gasteiger partial charge on any atom is -0.307 e. The maximum Gasteiger partial charge on any atom is 0.401 e. The molecule has 0 aromatic heterocycles. The SMILES string of the molecule is CCCCN(CCNCC(F)(F)F)C1CC1. The van der Waals surface area contributed by atoms with Gasteiger partial charge in [0.2, 0.25) is 0 Å². The highest BCUT2D eigenvalue weighted by molar-refractivity contribution is 4.84. The minimum atomic E-state index is -4.09. The molecule has 0 aliphatic heterocycles. The van der Waals surface area contributed by atoms with Crippen molar-refractivity contribution < 1.29 is 13.2 Å². The summed E-state index contributed by atoms with van der Waals surface area (Å²) < 4.78 is 35.6. The molecule has 0 atom stereocenters. The Morgan fingerprint density at radius 1 is 1.25 bits per heavy atom. The van der Waals surface area contributed by atoms with Crippen LogP contribution in [0.5, 0.6) is 0 Å². The lowest BCUT2D eigenvalue weighted by atomic mass is 10.3. The molecular formula is C11H21F3N2. The first-order valence-electron chi connectivity index (χ1n) is 6.04. The molecule has 0 unspecified atom stereocenters. The van der Waals surface area contributed by atoms with Gasteiger partial charge in [0.15, 0.2) is 0 Å². The molecule has 0 aromatic rings. The third-order valence-corrected chi connectivity index (χ3v) is 2.76. The van der Waals surface area contributed by atoms with Gasteiger partial charge in [0.25, 0.3) is 0 Å². The molecule has 1 rings (SSSR count). The van der Waals surface area contributed by atoms with E-state index in [9.17, 15) is 13.2 Å². The Kier molecular flexibility index (Phi) is 5.55. The second kappa shape index (κ2) is 6.45. The first kappa shape index (κ1) is 13.8. The summed E-state index contributed by atoms with van der Waals surface area (Å²) in [5.74, 6) is 0. The molecule has 2 nitrogen and oxygen atoms in total. The van der Waals surface area contributed by atoms with E-state index in [-0.39, 0.29) is 0 Å². The minimum absolute atomic E-state index is 0.430. The van der Waals surface area contributed by atoms with E-state index in [4.69, 9.17) is 0 Å².